The predicted octanol–water partition coefficient (Wildman–Crippen LogP) is 2.44. The van der Waals surface area contributed by atoms with Crippen LogP contribution in [0.5, 0.6) is 11.5 Å². The van der Waals surface area contributed by atoms with E-state index >= 15 is 0 Å². The molecule has 2 heterocycles. The molecule has 0 spiro atoms. The van der Waals surface area contributed by atoms with Crippen LogP contribution in [0.2, 0.25) is 0 Å². The van der Waals surface area contributed by atoms with Crippen molar-refractivity contribution in [1.29, 1.82) is 0 Å². The van der Waals surface area contributed by atoms with Gasteiger partial charge in [-0.3, -0.25) is 9.59 Å². The molecule has 1 saturated heterocycles. The van der Waals surface area contributed by atoms with E-state index in [2.05, 4.69) is 15.3 Å². The first-order chi connectivity index (χ1) is 15.6. The van der Waals surface area contributed by atoms with Crippen molar-refractivity contribution < 1.29 is 14.3 Å². The Bertz CT molecular complexity index is 1170. The molecule has 1 amide bonds. The van der Waals surface area contributed by atoms with E-state index in [9.17, 15) is 9.59 Å². The minimum atomic E-state index is -0.258. The van der Waals surface area contributed by atoms with Gasteiger partial charge in [0.25, 0.3) is 11.5 Å². The molecule has 1 aliphatic rings. The number of hydrogen-bond acceptors (Lipinski definition) is 6. The summed E-state index contributed by atoms with van der Waals surface area (Å²) in [4.78, 5) is 28.1. The van der Waals surface area contributed by atoms with Crippen molar-refractivity contribution in [1.82, 2.24) is 20.0 Å². The Hall–Kier alpha value is -3.39. The molecule has 1 aromatic heterocycles. The highest BCUT2D eigenvalue weighted by Crippen LogP contribution is 2.27. The number of benzene rings is 2. The van der Waals surface area contributed by atoms with E-state index in [4.69, 9.17) is 9.47 Å². The van der Waals surface area contributed by atoms with Gasteiger partial charge in [0, 0.05) is 17.5 Å². The molecule has 0 atom stereocenters. The summed E-state index contributed by atoms with van der Waals surface area (Å²) in [5.41, 5.74) is 1.01. The molecule has 1 N–H and O–H groups in total. The summed E-state index contributed by atoms with van der Waals surface area (Å²) in [7, 11) is 3.08. The van der Waals surface area contributed by atoms with Gasteiger partial charge in [0.05, 0.1) is 38.4 Å². The van der Waals surface area contributed by atoms with Gasteiger partial charge in [0.15, 0.2) is 11.5 Å². The largest absolute Gasteiger partial charge is 0.493 e. The van der Waals surface area contributed by atoms with Gasteiger partial charge >= 0.3 is 0 Å². The third-order valence-electron chi connectivity index (χ3n) is 5.83. The molecule has 0 radical (unpaired) electrons. The zero-order chi connectivity index (χ0) is 22.5. The number of amides is 1. The zero-order valence-corrected chi connectivity index (χ0v) is 18.5. The van der Waals surface area contributed by atoms with Crippen LogP contribution >= 0.6 is 0 Å². The van der Waals surface area contributed by atoms with Crippen molar-refractivity contribution >= 4 is 16.7 Å². The average Bonchev–Trinajstić information content (AvgIpc) is 3.36. The third-order valence-corrected chi connectivity index (χ3v) is 5.83. The highest BCUT2D eigenvalue weighted by atomic mass is 16.5. The Kier molecular flexibility index (Phi) is 6.70. The molecular weight excluding hydrogens is 408 g/mol. The van der Waals surface area contributed by atoms with Crippen LogP contribution in [0.4, 0.5) is 0 Å². The van der Waals surface area contributed by atoms with Crippen LogP contribution in [-0.2, 0) is 13.1 Å². The number of fused-ring (bicyclic) bond motifs is 1. The fourth-order valence-electron chi connectivity index (χ4n) is 4.07. The lowest BCUT2D eigenvalue weighted by Gasteiger charge is -2.16. The highest BCUT2D eigenvalue weighted by Gasteiger charge is 2.16. The number of nitrogens with zero attached hydrogens (tertiary/aromatic N) is 3. The normalized spacial score (nSPS) is 13.9. The van der Waals surface area contributed by atoms with Crippen LogP contribution in [0.15, 0.2) is 47.3 Å². The number of ether oxygens (including phenoxy) is 2. The van der Waals surface area contributed by atoms with E-state index in [0.29, 0.717) is 34.7 Å². The molecule has 8 nitrogen and oxygen atoms in total. The quantitative estimate of drug-likeness (QED) is 0.584. The van der Waals surface area contributed by atoms with Crippen LogP contribution in [0, 0.1) is 0 Å². The van der Waals surface area contributed by atoms with Gasteiger partial charge in [0.1, 0.15) is 0 Å². The summed E-state index contributed by atoms with van der Waals surface area (Å²) in [6, 6.07) is 12.4. The van der Waals surface area contributed by atoms with Gasteiger partial charge in [0.2, 0.25) is 0 Å². The number of carbonyl (C=O) groups is 1. The second-order valence-corrected chi connectivity index (χ2v) is 7.82. The van der Waals surface area contributed by atoms with Crippen molar-refractivity contribution in [2.24, 2.45) is 0 Å². The molecule has 32 heavy (non-hydrogen) atoms. The van der Waals surface area contributed by atoms with Gasteiger partial charge in [-0.15, -0.1) is 0 Å². The molecular formula is C24H28N4O4. The van der Waals surface area contributed by atoms with Gasteiger partial charge in [-0.05, 0) is 50.2 Å². The van der Waals surface area contributed by atoms with E-state index in [-0.39, 0.29) is 18.0 Å². The zero-order valence-electron chi connectivity index (χ0n) is 18.5. The van der Waals surface area contributed by atoms with Gasteiger partial charge in [-0.2, -0.15) is 5.10 Å². The number of methoxy groups -OCH3 is 2. The number of carbonyl (C=O) groups excluding carboxylic acids is 1. The van der Waals surface area contributed by atoms with Crippen molar-refractivity contribution in [2.75, 3.05) is 33.9 Å². The summed E-state index contributed by atoms with van der Waals surface area (Å²) in [5, 5.41) is 8.89. The van der Waals surface area contributed by atoms with Crippen LogP contribution in [0.25, 0.3) is 10.8 Å². The maximum absolute atomic E-state index is 12.9. The second-order valence-electron chi connectivity index (χ2n) is 7.82. The fourth-order valence-corrected chi connectivity index (χ4v) is 4.07. The highest BCUT2D eigenvalue weighted by molar-refractivity contribution is 5.95. The lowest BCUT2D eigenvalue weighted by atomic mass is 10.1. The molecule has 4 rings (SSSR count). The number of nitrogens with one attached hydrogen (secondary N) is 1. The molecule has 0 bridgehead atoms. The Labute approximate surface area is 186 Å². The summed E-state index contributed by atoms with van der Waals surface area (Å²) >= 11 is 0. The maximum Gasteiger partial charge on any atom is 0.274 e. The average molecular weight is 437 g/mol. The van der Waals surface area contributed by atoms with E-state index in [0.717, 1.165) is 25.0 Å². The lowest BCUT2D eigenvalue weighted by Crippen LogP contribution is -2.32. The number of rotatable bonds is 8. The molecule has 0 aliphatic carbocycles. The van der Waals surface area contributed by atoms with Crippen LogP contribution in [0.1, 0.15) is 28.9 Å². The minimum absolute atomic E-state index is 0.102. The van der Waals surface area contributed by atoms with Gasteiger partial charge in [-0.1, -0.05) is 18.2 Å². The Morgan fingerprint density at radius 2 is 1.72 bits per heavy atom. The molecule has 3 aromatic rings. The molecule has 168 valence electrons. The van der Waals surface area contributed by atoms with E-state index in [1.54, 1.807) is 25.3 Å². The molecule has 8 heteroatoms. The van der Waals surface area contributed by atoms with Gasteiger partial charge < -0.3 is 19.7 Å². The predicted molar refractivity (Wildman–Crippen MR) is 122 cm³/mol. The molecule has 2 aromatic carbocycles. The summed E-state index contributed by atoms with van der Waals surface area (Å²) < 4.78 is 12.0. The van der Waals surface area contributed by atoms with Crippen molar-refractivity contribution in [2.45, 2.75) is 25.9 Å². The van der Waals surface area contributed by atoms with E-state index in [1.165, 1.54) is 24.6 Å². The lowest BCUT2D eigenvalue weighted by molar-refractivity contribution is 0.0950. The Balaban J connectivity index is 1.56. The maximum atomic E-state index is 12.9. The van der Waals surface area contributed by atoms with Crippen LogP contribution < -0.4 is 20.3 Å². The van der Waals surface area contributed by atoms with E-state index < -0.39 is 0 Å². The smallest absolute Gasteiger partial charge is 0.274 e. The topological polar surface area (TPSA) is 85.7 Å². The number of aromatic nitrogens is 2. The molecule has 1 fully saturated rings. The van der Waals surface area contributed by atoms with Crippen LogP contribution in [-0.4, -0.2) is 54.4 Å². The summed E-state index contributed by atoms with van der Waals surface area (Å²) in [6.07, 6.45) is 2.40. The van der Waals surface area contributed by atoms with Crippen LogP contribution in [0.3, 0.4) is 0 Å². The first kappa shape index (κ1) is 21.8. The molecule has 0 saturated carbocycles. The monoisotopic (exact) mass is 436 g/mol. The first-order valence-electron chi connectivity index (χ1n) is 10.8. The van der Waals surface area contributed by atoms with Crippen molar-refractivity contribution in [3.05, 3.63) is 64.1 Å². The standard InChI is InChI=1S/C24H28N4O4/c1-31-21-10-9-17(15-22(21)32-2)23(29)25-16-20-18-7-3-4-8-19(18)24(30)28(26-20)14-13-27-11-5-6-12-27/h3-4,7-10,15H,5-6,11-14,16H2,1-2H3,(H,25,29). The van der Waals surface area contributed by atoms with Crippen molar-refractivity contribution in [3.63, 3.8) is 0 Å². The second kappa shape index (κ2) is 9.82. The van der Waals surface area contributed by atoms with Gasteiger partial charge in [-0.25, -0.2) is 4.68 Å². The summed E-state index contributed by atoms with van der Waals surface area (Å²) in [6.45, 7) is 3.66. The Morgan fingerprint density at radius 1 is 1.00 bits per heavy atom. The van der Waals surface area contributed by atoms with Crippen molar-refractivity contribution in [3.8, 4) is 11.5 Å². The number of likely N-dealkylation sites (tertiary alicyclic amines) is 1. The fraction of sp³-hybridized carbons (Fsp3) is 0.375. The minimum Gasteiger partial charge on any atom is -0.493 e. The SMILES string of the molecule is COc1ccc(C(=O)NCc2nn(CCN3CCCC3)c(=O)c3ccccc23)cc1OC. The number of hydrogen-bond donors (Lipinski definition) is 1. The third kappa shape index (κ3) is 4.60. The Morgan fingerprint density at radius 3 is 2.44 bits per heavy atom. The first-order valence-corrected chi connectivity index (χ1v) is 10.8. The summed E-state index contributed by atoms with van der Waals surface area (Å²) in [5.74, 6) is 0.785. The van der Waals surface area contributed by atoms with E-state index in [1.807, 2.05) is 24.3 Å². The molecule has 1 aliphatic heterocycles. The molecule has 0 unspecified atom stereocenters.